The van der Waals surface area contributed by atoms with E-state index in [0.29, 0.717) is 17.5 Å². The molecular formula is C11H17N5O. The highest BCUT2D eigenvalue weighted by molar-refractivity contribution is 5.42. The van der Waals surface area contributed by atoms with Crippen molar-refractivity contribution in [2.24, 2.45) is 12.8 Å². The van der Waals surface area contributed by atoms with Crippen molar-refractivity contribution in [1.82, 2.24) is 19.7 Å². The lowest BCUT2D eigenvalue weighted by atomic mass is 9.98. The minimum absolute atomic E-state index is 0.456. The van der Waals surface area contributed by atoms with E-state index in [1.54, 1.807) is 6.20 Å². The van der Waals surface area contributed by atoms with E-state index in [0.717, 1.165) is 12.8 Å². The van der Waals surface area contributed by atoms with Crippen molar-refractivity contribution < 1.29 is 4.52 Å². The Morgan fingerprint density at radius 1 is 1.53 bits per heavy atom. The lowest BCUT2D eigenvalue weighted by Crippen LogP contribution is -2.33. The Kier molecular flexibility index (Phi) is 2.97. The third-order valence-corrected chi connectivity index (χ3v) is 2.71. The highest BCUT2D eigenvalue weighted by Crippen LogP contribution is 2.23. The van der Waals surface area contributed by atoms with E-state index >= 15 is 0 Å². The van der Waals surface area contributed by atoms with Gasteiger partial charge in [-0.15, -0.1) is 0 Å². The summed E-state index contributed by atoms with van der Waals surface area (Å²) < 4.78 is 7.06. The number of rotatable bonds is 4. The molecule has 1 unspecified atom stereocenters. The Bertz CT molecular complexity index is 499. The van der Waals surface area contributed by atoms with E-state index < -0.39 is 5.54 Å². The molecule has 2 rings (SSSR count). The van der Waals surface area contributed by atoms with Crippen molar-refractivity contribution in [2.45, 2.75) is 32.2 Å². The van der Waals surface area contributed by atoms with Crippen LogP contribution in [0.2, 0.25) is 0 Å². The van der Waals surface area contributed by atoms with E-state index in [4.69, 9.17) is 10.3 Å². The first-order valence-corrected chi connectivity index (χ1v) is 5.65. The fraction of sp³-hybridized carbons (Fsp3) is 0.545. The van der Waals surface area contributed by atoms with E-state index in [1.165, 1.54) is 0 Å². The summed E-state index contributed by atoms with van der Waals surface area (Å²) in [5.41, 5.74) is 5.55. The summed E-state index contributed by atoms with van der Waals surface area (Å²) in [6.07, 6.45) is 5.29. The normalized spacial score (nSPS) is 14.8. The molecule has 0 aromatic carbocycles. The van der Waals surface area contributed by atoms with Gasteiger partial charge in [-0.05, 0) is 13.3 Å². The van der Waals surface area contributed by atoms with Gasteiger partial charge in [-0.2, -0.15) is 4.98 Å². The van der Waals surface area contributed by atoms with Crippen LogP contribution in [0.5, 0.6) is 0 Å². The molecule has 0 radical (unpaired) electrons. The lowest BCUT2D eigenvalue weighted by molar-refractivity contribution is 0.284. The highest BCUT2D eigenvalue weighted by Gasteiger charge is 2.28. The van der Waals surface area contributed by atoms with Gasteiger partial charge in [0.1, 0.15) is 0 Å². The second-order valence-corrected chi connectivity index (χ2v) is 4.45. The van der Waals surface area contributed by atoms with Gasteiger partial charge in [-0.25, -0.2) is 4.98 Å². The first-order chi connectivity index (χ1) is 8.04. The standard InChI is InChI=1S/C11H17N5O/c1-4-5-11(2,12)10-14-8(15-17-10)9-13-6-7-16(9)3/h6-7H,4-5,12H2,1-3H3. The number of hydrogen-bond donors (Lipinski definition) is 1. The highest BCUT2D eigenvalue weighted by atomic mass is 16.5. The molecule has 92 valence electrons. The van der Waals surface area contributed by atoms with Crippen LogP contribution in [0, 0.1) is 0 Å². The third kappa shape index (κ3) is 2.21. The first kappa shape index (κ1) is 11.8. The molecule has 1 atom stereocenters. The molecule has 0 saturated carbocycles. The SMILES string of the molecule is CCCC(C)(N)c1nc(-c2nccn2C)no1. The topological polar surface area (TPSA) is 82.8 Å². The van der Waals surface area contributed by atoms with Crippen LogP contribution in [-0.4, -0.2) is 19.7 Å². The molecule has 0 saturated heterocycles. The monoisotopic (exact) mass is 235 g/mol. The van der Waals surface area contributed by atoms with Crippen LogP contribution in [0.4, 0.5) is 0 Å². The minimum Gasteiger partial charge on any atom is -0.337 e. The molecule has 2 N–H and O–H groups in total. The molecule has 2 aromatic heterocycles. The molecule has 6 heteroatoms. The maximum Gasteiger partial charge on any atom is 0.246 e. The van der Waals surface area contributed by atoms with Crippen LogP contribution in [0.3, 0.4) is 0 Å². The van der Waals surface area contributed by atoms with Gasteiger partial charge in [0, 0.05) is 19.4 Å². The van der Waals surface area contributed by atoms with Crippen molar-refractivity contribution >= 4 is 0 Å². The molecule has 2 aromatic rings. The molecule has 0 aliphatic heterocycles. The van der Waals surface area contributed by atoms with Crippen LogP contribution in [0.15, 0.2) is 16.9 Å². The third-order valence-electron chi connectivity index (χ3n) is 2.71. The van der Waals surface area contributed by atoms with Crippen molar-refractivity contribution in [1.29, 1.82) is 0 Å². The van der Waals surface area contributed by atoms with Crippen molar-refractivity contribution in [3.8, 4) is 11.6 Å². The van der Waals surface area contributed by atoms with Gasteiger partial charge in [0.25, 0.3) is 0 Å². The van der Waals surface area contributed by atoms with Crippen molar-refractivity contribution in [3.05, 3.63) is 18.3 Å². The summed E-state index contributed by atoms with van der Waals surface area (Å²) in [4.78, 5) is 8.48. The molecule has 17 heavy (non-hydrogen) atoms. The summed E-state index contributed by atoms with van der Waals surface area (Å²) in [6.45, 7) is 3.97. The average Bonchev–Trinajstić information content (AvgIpc) is 2.85. The van der Waals surface area contributed by atoms with Crippen LogP contribution >= 0.6 is 0 Å². The maximum atomic E-state index is 6.13. The largest absolute Gasteiger partial charge is 0.337 e. The molecule has 0 amide bonds. The van der Waals surface area contributed by atoms with Gasteiger partial charge in [0.05, 0.1) is 5.54 Å². The molecule has 0 aliphatic rings. The zero-order valence-electron chi connectivity index (χ0n) is 10.3. The minimum atomic E-state index is -0.578. The van der Waals surface area contributed by atoms with Gasteiger partial charge in [0.2, 0.25) is 11.7 Å². The van der Waals surface area contributed by atoms with Crippen LogP contribution < -0.4 is 5.73 Å². The first-order valence-electron chi connectivity index (χ1n) is 5.65. The quantitative estimate of drug-likeness (QED) is 0.867. The number of hydrogen-bond acceptors (Lipinski definition) is 5. The van der Waals surface area contributed by atoms with Gasteiger partial charge >= 0.3 is 0 Å². The molecule has 6 nitrogen and oxygen atoms in total. The van der Waals surface area contributed by atoms with Crippen LogP contribution in [0.1, 0.15) is 32.6 Å². The summed E-state index contributed by atoms with van der Waals surface area (Å²) in [7, 11) is 1.88. The smallest absolute Gasteiger partial charge is 0.246 e. The van der Waals surface area contributed by atoms with Crippen molar-refractivity contribution in [2.75, 3.05) is 0 Å². The zero-order valence-corrected chi connectivity index (χ0v) is 10.3. The average molecular weight is 235 g/mol. The fourth-order valence-corrected chi connectivity index (χ4v) is 1.75. The molecule has 0 spiro atoms. The fourth-order valence-electron chi connectivity index (χ4n) is 1.75. The van der Waals surface area contributed by atoms with Gasteiger partial charge in [-0.1, -0.05) is 18.5 Å². The van der Waals surface area contributed by atoms with Crippen LogP contribution in [-0.2, 0) is 12.6 Å². The van der Waals surface area contributed by atoms with Gasteiger partial charge in [0.15, 0.2) is 5.82 Å². The predicted octanol–water partition coefficient (Wildman–Crippen LogP) is 1.44. The van der Waals surface area contributed by atoms with Gasteiger partial charge in [-0.3, -0.25) is 0 Å². The van der Waals surface area contributed by atoms with E-state index in [2.05, 4.69) is 22.0 Å². The molecule has 0 bridgehead atoms. The van der Waals surface area contributed by atoms with Crippen LogP contribution in [0.25, 0.3) is 11.6 Å². The second-order valence-electron chi connectivity index (χ2n) is 4.45. The van der Waals surface area contributed by atoms with E-state index in [9.17, 15) is 0 Å². The molecule has 0 fully saturated rings. The number of nitrogens with zero attached hydrogens (tertiary/aromatic N) is 4. The number of aryl methyl sites for hydroxylation is 1. The Labute approximate surface area is 99.8 Å². The lowest BCUT2D eigenvalue weighted by Gasteiger charge is -2.18. The summed E-state index contributed by atoms with van der Waals surface area (Å²) in [6, 6.07) is 0. The maximum absolute atomic E-state index is 6.13. The zero-order chi connectivity index (χ0) is 12.5. The number of nitrogens with two attached hydrogens (primary N) is 1. The number of imidazole rings is 1. The Hall–Kier alpha value is -1.69. The predicted molar refractivity (Wildman–Crippen MR) is 62.9 cm³/mol. The summed E-state index contributed by atoms with van der Waals surface area (Å²) in [5.74, 6) is 1.60. The Balaban J connectivity index is 2.31. The van der Waals surface area contributed by atoms with Gasteiger partial charge < -0.3 is 14.8 Å². The molecular weight excluding hydrogens is 218 g/mol. The molecule has 0 aliphatic carbocycles. The molecule has 2 heterocycles. The van der Waals surface area contributed by atoms with E-state index in [1.807, 2.05) is 24.7 Å². The summed E-state index contributed by atoms with van der Waals surface area (Å²) in [5, 5.41) is 3.92. The number of aromatic nitrogens is 4. The van der Waals surface area contributed by atoms with Crippen molar-refractivity contribution in [3.63, 3.8) is 0 Å². The second kappa shape index (κ2) is 4.29. The summed E-state index contributed by atoms with van der Waals surface area (Å²) >= 11 is 0. The Morgan fingerprint density at radius 3 is 2.88 bits per heavy atom. The van der Waals surface area contributed by atoms with E-state index in [-0.39, 0.29) is 0 Å². The Morgan fingerprint density at radius 2 is 2.29 bits per heavy atom.